The van der Waals surface area contributed by atoms with Gasteiger partial charge in [0.25, 0.3) is 0 Å². The van der Waals surface area contributed by atoms with Crippen LogP contribution in [0.25, 0.3) is 11.1 Å². The molecule has 1 N–H and O–H groups in total. The van der Waals surface area contributed by atoms with Crippen molar-refractivity contribution in [2.24, 2.45) is 5.92 Å². The van der Waals surface area contributed by atoms with Gasteiger partial charge in [0.05, 0.1) is 6.61 Å². The van der Waals surface area contributed by atoms with Gasteiger partial charge in [-0.1, -0.05) is 32.0 Å². The van der Waals surface area contributed by atoms with Crippen LogP contribution < -0.4 is 9.47 Å². The van der Waals surface area contributed by atoms with E-state index < -0.39 is 0 Å². The van der Waals surface area contributed by atoms with E-state index in [9.17, 15) is 14.7 Å². The number of rotatable bonds is 9. The van der Waals surface area contributed by atoms with Crippen molar-refractivity contribution >= 4 is 11.6 Å². The monoisotopic (exact) mass is 396 g/mol. The third kappa shape index (κ3) is 4.78. The topological polar surface area (TPSA) is 72.8 Å². The first-order chi connectivity index (χ1) is 13.9. The number of ketones is 2. The zero-order valence-electron chi connectivity index (χ0n) is 17.3. The standard InChI is InChI=1S/C24H28O5/c1-4-28-24-22(27)12-10-20(23(24)29-14-18(25)8-5-15(2)3)17-6-9-19-16(13-17)7-11-21(19)26/h6,9-10,12-13,15,27H,4-5,7-8,11,14H2,1-3H3. The molecule has 2 aromatic carbocycles. The molecule has 1 aliphatic rings. The summed E-state index contributed by atoms with van der Waals surface area (Å²) in [6.45, 7) is 6.26. The van der Waals surface area contributed by atoms with Crippen LogP contribution in [-0.4, -0.2) is 29.9 Å². The number of Topliss-reactive ketones (excluding diaryl/α,β-unsaturated/α-hetero) is 2. The number of carbonyl (C=O) groups is 2. The summed E-state index contributed by atoms with van der Waals surface area (Å²) in [6.07, 6.45) is 2.53. The highest BCUT2D eigenvalue weighted by Crippen LogP contribution is 2.45. The predicted octanol–water partition coefficient (Wildman–Crippen LogP) is 4.97. The molecule has 29 heavy (non-hydrogen) atoms. The van der Waals surface area contributed by atoms with Crippen molar-refractivity contribution in [3.63, 3.8) is 0 Å². The Hall–Kier alpha value is -2.82. The second-order valence-corrected chi connectivity index (χ2v) is 7.78. The quantitative estimate of drug-likeness (QED) is 0.648. The molecule has 5 nitrogen and oxygen atoms in total. The Morgan fingerprint density at radius 1 is 1.07 bits per heavy atom. The van der Waals surface area contributed by atoms with Crippen LogP contribution in [0.3, 0.4) is 0 Å². The number of hydrogen-bond acceptors (Lipinski definition) is 5. The summed E-state index contributed by atoms with van der Waals surface area (Å²) in [7, 11) is 0. The largest absolute Gasteiger partial charge is 0.504 e. The zero-order valence-corrected chi connectivity index (χ0v) is 17.3. The van der Waals surface area contributed by atoms with Crippen molar-refractivity contribution in [2.45, 2.75) is 46.5 Å². The van der Waals surface area contributed by atoms with E-state index in [1.54, 1.807) is 12.1 Å². The molecule has 0 bridgehead atoms. The van der Waals surface area contributed by atoms with Gasteiger partial charge in [-0.05, 0) is 48.9 Å². The number of aryl methyl sites for hydroxylation is 1. The van der Waals surface area contributed by atoms with Crippen LogP contribution >= 0.6 is 0 Å². The van der Waals surface area contributed by atoms with Crippen LogP contribution in [-0.2, 0) is 11.2 Å². The first-order valence-corrected chi connectivity index (χ1v) is 10.2. The second-order valence-electron chi connectivity index (χ2n) is 7.78. The van der Waals surface area contributed by atoms with Gasteiger partial charge in [-0.2, -0.15) is 0 Å². The minimum Gasteiger partial charge on any atom is -0.504 e. The Balaban J connectivity index is 1.93. The Morgan fingerprint density at radius 3 is 2.55 bits per heavy atom. The van der Waals surface area contributed by atoms with Crippen molar-refractivity contribution in [1.29, 1.82) is 0 Å². The fourth-order valence-electron chi connectivity index (χ4n) is 3.50. The summed E-state index contributed by atoms with van der Waals surface area (Å²) in [5, 5.41) is 10.3. The maximum atomic E-state index is 12.2. The van der Waals surface area contributed by atoms with Gasteiger partial charge in [0.15, 0.2) is 23.1 Å². The first-order valence-electron chi connectivity index (χ1n) is 10.2. The van der Waals surface area contributed by atoms with Gasteiger partial charge in [0.1, 0.15) is 6.61 Å². The molecular weight excluding hydrogens is 368 g/mol. The van der Waals surface area contributed by atoms with Crippen LogP contribution in [0.2, 0.25) is 0 Å². The second kappa shape index (κ2) is 9.12. The fourth-order valence-corrected chi connectivity index (χ4v) is 3.50. The molecule has 0 unspecified atom stereocenters. The molecule has 0 saturated carbocycles. The summed E-state index contributed by atoms with van der Waals surface area (Å²) in [5.41, 5.74) is 3.37. The van der Waals surface area contributed by atoms with Gasteiger partial charge >= 0.3 is 0 Å². The molecule has 2 aromatic rings. The zero-order chi connectivity index (χ0) is 21.0. The van der Waals surface area contributed by atoms with E-state index in [0.29, 0.717) is 31.1 Å². The number of carbonyl (C=O) groups excluding carboxylic acids is 2. The Kier molecular flexibility index (Phi) is 6.57. The van der Waals surface area contributed by atoms with Crippen molar-refractivity contribution in [1.82, 2.24) is 0 Å². The number of fused-ring (bicyclic) bond motifs is 1. The van der Waals surface area contributed by atoms with E-state index in [4.69, 9.17) is 9.47 Å². The molecular formula is C24H28O5. The van der Waals surface area contributed by atoms with Crippen LogP contribution in [0.15, 0.2) is 30.3 Å². The third-order valence-electron chi connectivity index (χ3n) is 5.10. The van der Waals surface area contributed by atoms with Gasteiger partial charge in [0.2, 0.25) is 5.75 Å². The first kappa shape index (κ1) is 20.9. The van der Waals surface area contributed by atoms with Crippen molar-refractivity contribution < 1.29 is 24.2 Å². The molecule has 0 fully saturated rings. The van der Waals surface area contributed by atoms with Crippen LogP contribution in [0, 0.1) is 5.92 Å². The third-order valence-corrected chi connectivity index (χ3v) is 5.10. The minimum absolute atomic E-state index is 0.00925. The number of ether oxygens (including phenoxy) is 2. The maximum absolute atomic E-state index is 12.2. The highest BCUT2D eigenvalue weighted by atomic mass is 16.5. The molecule has 0 aromatic heterocycles. The number of phenolic OH excluding ortho intramolecular Hbond substituents is 1. The smallest absolute Gasteiger partial charge is 0.203 e. The molecule has 0 atom stereocenters. The molecule has 0 aliphatic heterocycles. The van der Waals surface area contributed by atoms with E-state index >= 15 is 0 Å². The van der Waals surface area contributed by atoms with Crippen molar-refractivity contribution in [2.75, 3.05) is 13.2 Å². The molecule has 0 amide bonds. The van der Waals surface area contributed by atoms with E-state index in [-0.39, 0.29) is 29.7 Å². The summed E-state index contributed by atoms with van der Waals surface area (Å²) in [5.74, 6) is 1.18. The lowest BCUT2D eigenvalue weighted by Gasteiger charge is -2.17. The predicted molar refractivity (Wildman–Crippen MR) is 112 cm³/mol. The maximum Gasteiger partial charge on any atom is 0.203 e. The summed E-state index contributed by atoms with van der Waals surface area (Å²) >= 11 is 0. The normalized spacial score (nSPS) is 12.9. The summed E-state index contributed by atoms with van der Waals surface area (Å²) in [6, 6.07) is 9.01. The number of benzene rings is 2. The van der Waals surface area contributed by atoms with Crippen LogP contribution in [0.1, 0.15) is 56.0 Å². The number of phenols is 1. The number of aromatic hydroxyl groups is 1. The van der Waals surface area contributed by atoms with Gasteiger partial charge in [-0.15, -0.1) is 0 Å². The average Bonchev–Trinajstić information content (AvgIpc) is 3.07. The van der Waals surface area contributed by atoms with Crippen LogP contribution in [0.5, 0.6) is 17.2 Å². The van der Waals surface area contributed by atoms with Crippen molar-refractivity contribution in [3.05, 3.63) is 41.5 Å². The molecule has 0 radical (unpaired) electrons. The average molecular weight is 396 g/mol. The highest BCUT2D eigenvalue weighted by Gasteiger charge is 2.23. The molecule has 154 valence electrons. The van der Waals surface area contributed by atoms with Gasteiger partial charge in [-0.3, -0.25) is 9.59 Å². The summed E-state index contributed by atoms with van der Waals surface area (Å²) in [4.78, 5) is 24.2. The van der Waals surface area contributed by atoms with Gasteiger partial charge < -0.3 is 14.6 Å². The van der Waals surface area contributed by atoms with Gasteiger partial charge in [-0.25, -0.2) is 0 Å². The molecule has 0 saturated heterocycles. The summed E-state index contributed by atoms with van der Waals surface area (Å²) < 4.78 is 11.5. The molecule has 0 heterocycles. The molecule has 1 aliphatic carbocycles. The van der Waals surface area contributed by atoms with E-state index in [2.05, 4.69) is 13.8 Å². The molecule has 3 rings (SSSR count). The fraction of sp³-hybridized carbons (Fsp3) is 0.417. The molecule has 0 spiro atoms. The Morgan fingerprint density at radius 2 is 1.83 bits per heavy atom. The van der Waals surface area contributed by atoms with E-state index in [1.807, 2.05) is 25.1 Å². The van der Waals surface area contributed by atoms with Crippen molar-refractivity contribution in [3.8, 4) is 28.4 Å². The van der Waals surface area contributed by atoms with Crippen LogP contribution in [0.4, 0.5) is 0 Å². The minimum atomic E-state index is -0.0767. The van der Waals surface area contributed by atoms with E-state index in [1.165, 1.54) is 0 Å². The number of hydrogen-bond donors (Lipinski definition) is 1. The SMILES string of the molecule is CCOc1c(O)ccc(-c2ccc3c(c2)CCC3=O)c1OCC(=O)CCC(C)C. The van der Waals surface area contributed by atoms with Gasteiger partial charge in [0, 0.05) is 24.0 Å². The Bertz CT molecular complexity index is 914. The lowest BCUT2D eigenvalue weighted by atomic mass is 9.99. The lowest BCUT2D eigenvalue weighted by molar-refractivity contribution is -0.121. The molecule has 5 heteroatoms. The highest BCUT2D eigenvalue weighted by molar-refractivity contribution is 6.01. The lowest BCUT2D eigenvalue weighted by Crippen LogP contribution is -2.13. The Labute approximate surface area is 171 Å². The van der Waals surface area contributed by atoms with E-state index in [0.717, 1.165) is 35.1 Å².